The van der Waals surface area contributed by atoms with Crippen molar-refractivity contribution in [3.63, 3.8) is 0 Å². The molecule has 2 heterocycles. The molecule has 0 aliphatic carbocycles. The number of nitrogens with one attached hydrogen (secondary N) is 1. The number of methoxy groups -OCH3 is 1. The molecular weight excluding hydrogens is 316 g/mol. The highest BCUT2D eigenvalue weighted by Gasteiger charge is 2.21. The number of amides is 1. The third-order valence-electron chi connectivity index (χ3n) is 4.44. The van der Waals surface area contributed by atoms with Gasteiger partial charge in [-0.15, -0.1) is 0 Å². The number of piperazine rings is 1. The summed E-state index contributed by atoms with van der Waals surface area (Å²) in [6.07, 6.45) is 1.73. The first-order valence-corrected chi connectivity index (χ1v) is 8.43. The zero-order valence-electron chi connectivity index (χ0n) is 15.0. The van der Waals surface area contributed by atoms with Gasteiger partial charge in [-0.05, 0) is 43.8 Å². The molecule has 0 radical (unpaired) electrons. The summed E-state index contributed by atoms with van der Waals surface area (Å²) in [6, 6.07) is 9.33. The lowest BCUT2D eigenvalue weighted by atomic mass is 10.1. The van der Waals surface area contributed by atoms with Gasteiger partial charge < -0.3 is 19.9 Å². The van der Waals surface area contributed by atoms with E-state index in [9.17, 15) is 4.79 Å². The van der Waals surface area contributed by atoms with Gasteiger partial charge in [0.1, 0.15) is 11.6 Å². The summed E-state index contributed by atoms with van der Waals surface area (Å²) in [5, 5.41) is 2.97. The van der Waals surface area contributed by atoms with Gasteiger partial charge in [0, 0.05) is 32.4 Å². The molecule has 1 aromatic heterocycles. The van der Waals surface area contributed by atoms with Crippen LogP contribution in [-0.4, -0.2) is 56.1 Å². The lowest BCUT2D eigenvalue weighted by molar-refractivity contribution is 0.102. The van der Waals surface area contributed by atoms with Crippen molar-refractivity contribution < 1.29 is 9.53 Å². The molecule has 0 spiro atoms. The van der Waals surface area contributed by atoms with Gasteiger partial charge >= 0.3 is 0 Å². The summed E-state index contributed by atoms with van der Waals surface area (Å²) in [6.45, 7) is 5.63. The van der Waals surface area contributed by atoms with E-state index in [1.807, 2.05) is 31.2 Å². The topological polar surface area (TPSA) is 57.7 Å². The molecule has 2 aromatic rings. The number of aromatic nitrogens is 1. The van der Waals surface area contributed by atoms with Crippen LogP contribution in [0.25, 0.3) is 0 Å². The zero-order valence-corrected chi connectivity index (χ0v) is 15.0. The standard InChI is InChI=1S/C19H24N4O2/c1-14-6-7-17(25-3)16(13-14)21-19(24)15-5-4-8-20-18(15)23-11-9-22(2)10-12-23/h4-8,13H,9-12H2,1-3H3,(H,21,24). The van der Waals surface area contributed by atoms with Crippen molar-refractivity contribution in [1.29, 1.82) is 0 Å². The fraction of sp³-hybridized carbons (Fsp3) is 0.368. The van der Waals surface area contributed by atoms with E-state index in [2.05, 4.69) is 27.1 Å². The molecule has 25 heavy (non-hydrogen) atoms. The summed E-state index contributed by atoms with van der Waals surface area (Å²) in [7, 11) is 3.70. The van der Waals surface area contributed by atoms with E-state index in [4.69, 9.17) is 4.74 Å². The molecule has 1 saturated heterocycles. The van der Waals surface area contributed by atoms with Gasteiger partial charge in [0.15, 0.2) is 0 Å². The van der Waals surface area contributed by atoms with Crippen molar-refractivity contribution in [2.45, 2.75) is 6.92 Å². The van der Waals surface area contributed by atoms with Crippen molar-refractivity contribution in [3.8, 4) is 5.75 Å². The van der Waals surface area contributed by atoms with Crippen molar-refractivity contribution in [2.75, 3.05) is 50.6 Å². The summed E-state index contributed by atoms with van der Waals surface area (Å²) in [5.74, 6) is 1.20. The highest BCUT2D eigenvalue weighted by molar-refractivity contribution is 6.08. The Morgan fingerprint density at radius 2 is 1.96 bits per heavy atom. The van der Waals surface area contributed by atoms with Crippen LogP contribution >= 0.6 is 0 Å². The van der Waals surface area contributed by atoms with E-state index < -0.39 is 0 Å². The highest BCUT2D eigenvalue weighted by Crippen LogP contribution is 2.27. The maximum atomic E-state index is 12.9. The van der Waals surface area contributed by atoms with Gasteiger partial charge in [0.05, 0.1) is 18.4 Å². The normalized spacial score (nSPS) is 15.1. The molecule has 0 bridgehead atoms. The Morgan fingerprint density at radius 1 is 1.20 bits per heavy atom. The Labute approximate surface area is 148 Å². The van der Waals surface area contributed by atoms with Gasteiger partial charge in [-0.25, -0.2) is 4.98 Å². The minimum Gasteiger partial charge on any atom is -0.495 e. The quantitative estimate of drug-likeness (QED) is 0.926. The van der Waals surface area contributed by atoms with Gasteiger partial charge in [-0.3, -0.25) is 4.79 Å². The van der Waals surface area contributed by atoms with E-state index in [1.54, 1.807) is 19.4 Å². The number of carbonyl (C=O) groups is 1. The first-order chi connectivity index (χ1) is 12.1. The van der Waals surface area contributed by atoms with Crippen LogP contribution in [0.5, 0.6) is 5.75 Å². The molecule has 3 rings (SSSR count). The number of ether oxygens (including phenoxy) is 1. The Kier molecular flexibility index (Phi) is 5.19. The molecule has 0 unspecified atom stereocenters. The number of benzene rings is 1. The Bertz CT molecular complexity index is 755. The maximum Gasteiger partial charge on any atom is 0.259 e. The highest BCUT2D eigenvalue weighted by atomic mass is 16.5. The second-order valence-corrected chi connectivity index (χ2v) is 6.32. The number of likely N-dealkylation sites (N-methyl/N-ethyl adjacent to an activating group) is 1. The van der Waals surface area contributed by atoms with Gasteiger partial charge in [-0.2, -0.15) is 0 Å². The SMILES string of the molecule is COc1ccc(C)cc1NC(=O)c1cccnc1N1CCN(C)CC1. The molecule has 1 fully saturated rings. The minimum absolute atomic E-state index is 0.175. The molecule has 1 aliphatic rings. The third kappa shape index (κ3) is 3.91. The minimum atomic E-state index is -0.175. The molecule has 1 aromatic carbocycles. The van der Waals surface area contributed by atoms with Crippen molar-refractivity contribution in [3.05, 3.63) is 47.7 Å². The first kappa shape index (κ1) is 17.2. The van der Waals surface area contributed by atoms with E-state index in [0.717, 1.165) is 37.6 Å². The molecule has 0 saturated carbocycles. The van der Waals surface area contributed by atoms with E-state index >= 15 is 0 Å². The second-order valence-electron chi connectivity index (χ2n) is 6.32. The number of carbonyl (C=O) groups excluding carboxylic acids is 1. The van der Waals surface area contributed by atoms with Crippen LogP contribution in [-0.2, 0) is 0 Å². The lowest BCUT2D eigenvalue weighted by Crippen LogP contribution is -2.45. The van der Waals surface area contributed by atoms with Gasteiger partial charge in [0.25, 0.3) is 5.91 Å². The lowest BCUT2D eigenvalue weighted by Gasteiger charge is -2.34. The second kappa shape index (κ2) is 7.53. The van der Waals surface area contributed by atoms with Crippen LogP contribution in [0.3, 0.4) is 0 Å². The maximum absolute atomic E-state index is 12.9. The summed E-state index contributed by atoms with van der Waals surface area (Å²) < 4.78 is 5.35. The van der Waals surface area contributed by atoms with Crippen molar-refractivity contribution in [2.24, 2.45) is 0 Å². The van der Waals surface area contributed by atoms with Crippen molar-refractivity contribution >= 4 is 17.4 Å². The number of hydrogen-bond donors (Lipinski definition) is 1. The fourth-order valence-corrected chi connectivity index (χ4v) is 2.95. The molecule has 132 valence electrons. The number of hydrogen-bond acceptors (Lipinski definition) is 5. The molecule has 6 nitrogen and oxygen atoms in total. The van der Waals surface area contributed by atoms with E-state index in [1.165, 1.54) is 0 Å². The Hall–Kier alpha value is -2.60. The van der Waals surface area contributed by atoms with Crippen LogP contribution in [0.15, 0.2) is 36.5 Å². The van der Waals surface area contributed by atoms with Crippen LogP contribution in [0.2, 0.25) is 0 Å². The summed E-state index contributed by atoms with van der Waals surface area (Å²) in [5.41, 5.74) is 2.30. The van der Waals surface area contributed by atoms with Crippen LogP contribution in [0, 0.1) is 6.92 Å². The summed E-state index contributed by atoms with van der Waals surface area (Å²) in [4.78, 5) is 21.8. The smallest absolute Gasteiger partial charge is 0.259 e. The third-order valence-corrected chi connectivity index (χ3v) is 4.44. The Balaban J connectivity index is 1.85. The first-order valence-electron chi connectivity index (χ1n) is 8.43. The summed E-state index contributed by atoms with van der Waals surface area (Å²) >= 11 is 0. The van der Waals surface area contributed by atoms with E-state index in [0.29, 0.717) is 17.0 Å². The number of rotatable bonds is 4. The number of nitrogens with zero attached hydrogens (tertiary/aromatic N) is 3. The average molecular weight is 340 g/mol. The molecule has 1 amide bonds. The molecule has 6 heteroatoms. The van der Waals surface area contributed by atoms with E-state index in [-0.39, 0.29) is 5.91 Å². The molecule has 0 atom stereocenters. The monoisotopic (exact) mass is 340 g/mol. The van der Waals surface area contributed by atoms with Crippen molar-refractivity contribution in [1.82, 2.24) is 9.88 Å². The van der Waals surface area contributed by atoms with Crippen LogP contribution in [0.4, 0.5) is 11.5 Å². The molecule has 1 N–H and O–H groups in total. The molecular formula is C19H24N4O2. The average Bonchev–Trinajstić information content (AvgIpc) is 2.62. The predicted molar refractivity (Wildman–Crippen MR) is 99.6 cm³/mol. The zero-order chi connectivity index (χ0) is 17.8. The number of pyridine rings is 1. The van der Waals surface area contributed by atoms with Gasteiger partial charge in [0.2, 0.25) is 0 Å². The number of aryl methyl sites for hydroxylation is 1. The van der Waals surface area contributed by atoms with Crippen LogP contribution < -0.4 is 15.0 Å². The largest absolute Gasteiger partial charge is 0.495 e. The fourth-order valence-electron chi connectivity index (χ4n) is 2.95. The van der Waals surface area contributed by atoms with Gasteiger partial charge in [-0.1, -0.05) is 6.07 Å². The molecule has 1 aliphatic heterocycles. The number of anilines is 2. The predicted octanol–water partition coefficient (Wildman–Crippen LogP) is 2.40. The van der Waals surface area contributed by atoms with Crippen LogP contribution in [0.1, 0.15) is 15.9 Å². The Morgan fingerprint density at radius 3 is 2.68 bits per heavy atom.